The zero-order chi connectivity index (χ0) is 27.4. The van der Waals surface area contributed by atoms with Gasteiger partial charge < -0.3 is 20.4 Å². The number of aliphatic hydroxyl groups excluding tert-OH is 2. The van der Waals surface area contributed by atoms with Crippen molar-refractivity contribution in [3.05, 3.63) is 39.3 Å². The summed E-state index contributed by atoms with van der Waals surface area (Å²) >= 11 is 15.5. The second-order valence-corrected chi connectivity index (χ2v) is 12.6. The van der Waals surface area contributed by atoms with E-state index in [-0.39, 0.29) is 29.6 Å². The number of aromatic nitrogens is 2. The minimum absolute atomic E-state index is 0.0844. The van der Waals surface area contributed by atoms with Crippen LogP contribution < -0.4 is 15.5 Å². The quantitative estimate of drug-likeness (QED) is 0.266. The highest BCUT2D eigenvalue weighted by molar-refractivity contribution is 7.21. The van der Waals surface area contributed by atoms with Gasteiger partial charge in [-0.15, -0.1) is 11.3 Å². The van der Waals surface area contributed by atoms with Crippen molar-refractivity contribution in [1.29, 1.82) is 0 Å². The maximum Gasteiger partial charge on any atom is 0.259 e. The third-order valence-electron chi connectivity index (χ3n) is 7.14. The van der Waals surface area contributed by atoms with Gasteiger partial charge in [-0.05, 0) is 25.0 Å². The number of halogens is 2. The summed E-state index contributed by atoms with van der Waals surface area (Å²) in [6.45, 7) is 3.58. The van der Waals surface area contributed by atoms with Crippen LogP contribution in [0.5, 0.6) is 0 Å². The second kappa shape index (κ2) is 13.1. The molecule has 4 N–H and O–H groups in total. The van der Waals surface area contributed by atoms with Crippen LogP contribution in [0.1, 0.15) is 42.5 Å². The van der Waals surface area contributed by atoms with Crippen LogP contribution in [0.25, 0.3) is 10.6 Å². The summed E-state index contributed by atoms with van der Waals surface area (Å²) in [5.41, 5.74) is 1.11. The number of pyridine rings is 1. The highest BCUT2D eigenvalue weighted by Gasteiger charge is 2.28. The predicted octanol–water partition coefficient (Wildman–Crippen LogP) is 5.05. The molecule has 9 nitrogen and oxygen atoms in total. The maximum atomic E-state index is 13.1. The van der Waals surface area contributed by atoms with Gasteiger partial charge in [-0.25, -0.2) is 9.97 Å². The van der Waals surface area contributed by atoms with Gasteiger partial charge in [-0.3, -0.25) is 15.0 Å². The molecular weight excluding hydrogens is 579 g/mol. The highest BCUT2D eigenvalue weighted by Crippen LogP contribution is 2.42. The van der Waals surface area contributed by atoms with Crippen molar-refractivity contribution in [2.75, 3.05) is 54.9 Å². The van der Waals surface area contributed by atoms with Crippen molar-refractivity contribution in [3.63, 3.8) is 0 Å². The van der Waals surface area contributed by atoms with Crippen LogP contribution in [0.2, 0.25) is 10.0 Å². The smallest absolute Gasteiger partial charge is 0.259 e. The maximum absolute atomic E-state index is 13.1. The van der Waals surface area contributed by atoms with Gasteiger partial charge in [0.2, 0.25) is 0 Å². The van der Waals surface area contributed by atoms with Crippen LogP contribution in [0.4, 0.5) is 16.0 Å². The van der Waals surface area contributed by atoms with Crippen molar-refractivity contribution in [3.8, 4) is 10.6 Å². The lowest BCUT2D eigenvalue weighted by Crippen LogP contribution is -2.50. The van der Waals surface area contributed by atoms with Gasteiger partial charge in [0.1, 0.15) is 16.5 Å². The second-order valence-electron chi connectivity index (χ2n) is 9.84. The lowest BCUT2D eigenvalue weighted by Gasteiger charge is -2.41. The van der Waals surface area contributed by atoms with E-state index in [1.54, 1.807) is 0 Å². The number of hydrogen-bond donors (Lipinski definition) is 4. The van der Waals surface area contributed by atoms with E-state index in [2.05, 4.69) is 25.4 Å². The summed E-state index contributed by atoms with van der Waals surface area (Å²) in [7, 11) is 0. The number of hydrogen-bond acceptors (Lipinski definition) is 10. The molecule has 2 fully saturated rings. The number of carbonyl (C=O) groups excluding carboxylic acids is 1. The number of piperazine rings is 1. The summed E-state index contributed by atoms with van der Waals surface area (Å²) in [6.07, 6.45) is 7.10. The van der Waals surface area contributed by atoms with Gasteiger partial charge in [0.25, 0.3) is 5.91 Å². The number of anilines is 3. The van der Waals surface area contributed by atoms with Crippen molar-refractivity contribution in [2.24, 2.45) is 0 Å². The number of rotatable bonds is 9. The molecule has 0 bridgehead atoms. The Morgan fingerprint density at radius 2 is 1.92 bits per heavy atom. The lowest BCUT2D eigenvalue weighted by atomic mass is 9.94. The molecular formula is C26H32Cl2N6O3S2. The molecule has 1 aliphatic heterocycles. The summed E-state index contributed by atoms with van der Waals surface area (Å²) < 4.78 is 0. The zero-order valence-corrected chi connectivity index (χ0v) is 24.6. The molecule has 3 aromatic rings. The summed E-state index contributed by atoms with van der Waals surface area (Å²) in [5, 5.41) is 28.6. The fourth-order valence-corrected chi connectivity index (χ4v) is 7.44. The first kappa shape index (κ1) is 28.5. The molecule has 1 saturated carbocycles. The van der Waals surface area contributed by atoms with Crippen LogP contribution in [-0.4, -0.2) is 82.5 Å². The number of amides is 1. The third kappa shape index (κ3) is 7.02. The number of nitrogens with one attached hydrogen (secondary N) is 2. The normalized spacial score (nSPS) is 17.8. The lowest BCUT2D eigenvalue weighted by molar-refractivity contribution is 0.102. The van der Waals surface area contributed by atoms with Crippen LogP contribution >= 0.6 is 45.9 Å². The predicted molar refractivity (Wildman–Crippen MR) is 160 cm³/mol. The van der Waals surface area contributed by atoms with Crippen LogP contribution in [-0.2, 0) is 0 Å². The van der Waals surface area contributed by atoms with Crippen LogP contribution in [0.3, 0.4) is 0 Å². The van der Waals surface area contributed by atoms with Crippen molar-refractivity contribution < 1.29 is 15.0 Å². The molecule has 4 heterocycles. The minimum Gasteiger partial charge on any atom is -0.394 e. The Balaban J connectivity index is 1.30. The topological polar surface area (TPSA) is 114 Å². The fraction of sp³-hybridized carbons (Fsp3) is 0.500. The van der Waals surface area contributed by atoms with Crippen LogP contribution in [0.15, 0.2) is 23.7 Å². The molecule has 1 aliphatic carbocycles. The molecule has 0 aromatic carbocycles. The number of carbonyl (C=O) groups is 1. The average molecular weight is 612 g/mol. The van der Waals surface area contributed by atoms with Gasteiger partial charge in [-0.1, -0.05) is 53.8 Å². The Morgan fingerprint density at radius 1 is 1.15 bits per heavy atom. The van der Waals surface area contributed by atoms with E-state index in [0.717, 1.165) is 41.8 Å². The van der Waals surface area contributed by atoms with Gasteiger partial charge in [0.05, 0.1) is 33.2 Å². The van der Waals surface area contributed by atoms with Gasteiger partial charge in [0.15, 0.2) is 5.13 Å². The first-order chi connectivity index (χ1) is 18.9. The van der Waals surface area contributed by atoms with E-state index in [0.29, 0.717) is 22.0 Å². The molecule has 0 radical (unpaired) electrons. The Morgan fingerprint density at radius 3 is 2.59 bits per heavy atom. The Labute approximate surface area is 245 Å². The van der Waals surface area contributed by atoms with E-state index in [1.807, 2.05) is 11.4 Å². The number of thiophene rings is 1. The molecule has 0 spiro atoms. The molecule has 1 amide bonds. The van der Waals surface area contributed by atoms with E-state index < -0.39 is 6.10 Å². The van der Waals surface area contributed by atoms with Crippen LogP contribution in [0, 0.1) is 0 Å². The summed E-state index contributed by atoms with van der Waals surface area (Å²) in [6, 6.07) is 4.13. The molecule has 1 saturated heterocycles. The first-order valence-electron chi connectivity index (χ1n) is 13.1. The summed E-state index contributed by atoms with van der Waals surface area (Å²) in [4.78, 5) is 28.1. The Bertz CT molecular complexity index is 1270. The SMILES string of the molecule is O=C(Nc1nc(-c2cc(Cl)cs2)c(N2CCN(C3CCCCC3)CC2)s1)c1cnc(NCC(O)CO)c(Cl)c1. The Kier molecular flexibility index (Phi) is 9.60. The molecule has 5 rings (SSSR count). The molecule has 3 aromatic heterocycles. The highest BCUT2D eigenvalue weighted by atomic mass is 35.5. The molecule has 210 valence electrons. The fourth-order valence-electron chi connectivity index (χ4n) is 5.05. The number of nitrogens with zero attached hydrogens (tertiary/aromatic N) is 4. The monoisotopic (exact) mass is 610 g/mol. The average Bonchev–Trinajstić information content (AvgIpc) is 3.58. The van der Waals surface area contributed by atoms with E-state index in [4.69, 9.17) is 33.3 Å². The molecule has 39 heavy (non-hydrogen) atoms. The molecule has 1 atom stereocenters. The largest absolute Gasteiger partial charge is 0.394 e. The van der Waals surface area contributed by atoms with E-state index in [1.165, 1.54) is 67.0 Å². The van der Waals surface area contributed by atoms with Gasteiger partial charge in [-0.2, -0.15) is 0 Å². The molecule has 1 unspecified atom stereocenters. The zero-order valence-electron chi connectivity index (χ0n) is 21.4. The van der Waals surface area contributed by atoms with Crippen molar-refractivity contribution in [1.82, 2.24) is 14.9 Å². The molecule has 2 aliphatic rings. The number of aliphatic hydroxyl groups is 2. The first-order valence-corrected chi connectivity index (χ1v) is 15.6. The van der Waals surface area contributed by atoms with E-state index in [9.17, 15) is 9.90 Å². The third-order valence-corrected chi connectivity index (χ3v) is 9.75. The van der Waals surface area contributed by atoms with Gasteiger partial charge in [0, 0.05) is 50.3 Å². The van der Waals surface area contributed by atoms with Crippen molar-refractivity contribution >= 4 is 67.7 Å². The van der Waals surface area contributed by atoms with E-state index >= 15 is 0 Å². The standard InChI is InChI=1S/C26H32Cl2N6O3S2/c27-17-11-21(38-15-17)22-25(34-8-6-33(7-9-34)18-4-2-1-3-5-18)39-26(31-22)32-24(37)16-10-20(28)23(29-12-16)30-13-19(36)14-35/h10-12,15,18-19,35-36H,1-9,13-14H2,(H,29,30)(H,31,32,37). The minimum atomic E-state index is -0.937. The summed E-state index contributed by atoms with van der Waals surface area (Å²) in [5.74, 6) is -0.0500. The molecule has 13 heteroatoms. The Hall–Kier alpha value is -1.99. The van der Waals surface area contributed by atoms with Gasteiger partial charge >= 0.3 is 0 Å². The van der Waals surface area contributed by atoms with Crippen molar-refractivity contribution in [2.45, 2.75) is 44.2 Å². The number of thiazole rings is 1.